The predicted molar refractivity (Wildman–Crippen MR) is 104 cm³/mol. The Hall–Kier alpha value is -2.96. The first kappa shape index (κ1) is 17.5. The van der Waals surface area contributed by atoms with E-state index in [1.54, 1.807) is 12.3 Å². The van der Waals surface area contributed by atoms with Gasteiger partial charge in [0.25, 0.3) is 0 Å². The van der Waals surface area contributed by atoms with Gasteiger partial charge in [-0.2, -0.15) is 4.39 Å². The van der Waals surface area contributed by atoms with Crippen LogP contribution in [-0.4, -0.2) is 32.8 Å². The van der Waals surface area contributed by atoms with Crippen molar-refractivity contribution in [3.63, 3.8) is 0 Å². The molecular weight excluding hydrogens is 343 g/mol. The van der Waals surface area contributed by atoms with Gasteiger partial charge in [0.2, 0.25) is 11.9 Å². The van der Waals surface area contributed by atoms with Crippen molar-refractivity contribution in [3.05, 3.63) is 53.9 Å². The first-order valence-corrected chi connectivity index (χ1v) is 9.15. The lowest BCUT2D eigenvalue weighted by atomic mass is 9.94. The van der Waals surface area contributed by atoms with Crippen molar-refractivity contribution in [1.82, 2.24) is 19.7 Å². The van der Waals surface area contributed by atoms with Gasteiger partial charge in [-0.3, -0.25) is 0 Å². The van der Waals surface area contributed by atoms with Gasteiger partial charge in [0.15, 0.2) is 0 Å². The summed E-state index contributed by atoms with van der Waals surface area (Å²) in [6.45, 7) is 3.93. The summed E-state index contributed by atoms with van der Waals surface area (Å²) < 4.78 is 15.1. The average molecular weight is 366 g/mol. The Kier molecular flexibility index (Phi) is 4.51. The van der Waals surface area contributed by atoms with Gasteiger partial charge in [0.1, 0.15) is 5.82 Å². The number of nitrogens with two attached hydrogens (primary N) is 1. The van der Waals surface area contributed by atoms with Gasteiger partial charge in [-0.15, -0.1) is 10.2 Å². The molecule has 1 fully saturated rings. The SMILES string of the molecule is Cc1ccc(-c2ccc(F)nc2)c(N2CCC(c3nnc(N)n3C)CC2)c1. The van der Waals surface area contributed by atoms with Crippen LogP contribution in [0.4, 0.5) is 16.0 Å². The maximum atomic E-state index is 13.2. The molecule has 4 rings (SSSR count). The molecule has 1 saturated heterocycles. The molecule has 0 saturated carbocycles. The van der Waals surface area contributed by atoms with Crippen LogP contribution in [-0.2, 0) is 7.05 Å². The number of hydrogen-bond donors (Lipinski definition) is 1. The highest BCUT2D eigenvalue weighted by atomic mass is 19.1. The van der Waals surface area contributed by atoms with Crippen molar-refractivity contribution >= 4 is 11.6 Å². The van der Waals surface area contributed by atoms with Crippen LogP contribution in [0.5, 0.6) is 0 Å². The molecule has 27 heavy (non-hydrogen) atoms. The van der Waals surface area contributed by atoms with Gasteiger partial charge in [-0.25, -0.2) is 4.98 Å². The van der Waals surface area contributed by atoms with E-state index >= 15 is 0 Å². The van der Waals surface area contributed by atoms with Gasteiger partial charge in [0.05, 0.1) is 0 Å². The van der Waals surface area contributed by atoms with Gasteiger partial charge < -0.3 is 15.2 Å². The molecule has 6 nitrogen and oxygen atoms in total. The number of benzene rings is 1. The fraction of sp³-hybridized carbons (Fsp3) is 0.350. The Bertz CT molecular complexity index is 942. The van der Waals surface area contributed by atoms with Crippen LogP contribution in [0.2, 0.25) is 0 Å². The molecule has 0 bridgehead atoms. The zero-order valence-corrected chi connectivity index (χ0v) is 15.6. The number of aryl methyl sites for hydroxylation is 1. The van der Waals surface area contributed by atoms with E-state index in [0.717, 1.165) is 42.9 Å². The topological polar surface area (TPSA) is 72.9 Å². The van der Waals surface area contributed by atoms with Crippen LogP contribution >= 0.6 is 0 Å². The van der Waals surface area contributed by atoms with Crippen molar-refractivity contribution in [1.29, 1.82) is 0 Å². The van der Waals surface area contributed by atoms with E-state index in [-0.39, 0.29) is 0 Å². The molecule has 3 aromatic rings. The predicted octanol–water partition coefficient (Wildman–Crippen LogP) is 3.29. The van der Waals surface area contributed by atoms with E-state index in [1.165, 1.54) is 17.3 Å². The summed E-state index contributed by atoms with van der Waals surface area (Å²) in [4.78, 5) is 6.20. The van der Waals surface area contributed by atoms with Crippen LogP contribution in [0, 0.1) is 12.9 Å². The molecule has 0 radical (unpaired) electrons. The highest BCUT2D eigenvalue weighted by molar-refractivity contribution is 5.79. The summed E-state index contributed by atoms with van der Waals surface area (Å²) in [5, 5.41) is 8.23. The van der Waals surface area contributed by atoms with Crippen molar-refractivity contribution in [2.24, 2.45) is 7.05 Å². The molecule has 0 atom stereocenters. The third-order valence-electron chi connectivity index (χ3n) is 5.33. The van der Waals surface area contributed by atoms with Crippen molar-refractivity contribution in [2.45, 2.75) is 25.7 Å². The van der Waals surface area contributed by atoms with E-state index < -0.39 is 5.95 Å². The molecule has 3 heterocycles. The highest BCUT2D eigenvalue weighted by Gasteiger charge is 2.26. The molecule has 0 amide bonds. The van der Waals surface area contributed by atoms with Crippen LogP contribution in [0.3, 0.4) is 0 Å². The van der Waals surface area contributed by atoms with Gasteiger partial charge in [-0.1, -0.05) is 12.1 Å². The quantitative estimate of drug-likeness (QED) is 0.720. The lowest BCUT2D eigenvalue weighted by Crippen LogP contribution is -2.34. The van der Waals surface area contributed by atoms with Crippen LogP contribution in [0.25, 0.3) is 11.1 Å². The van der Waals surface area contributed by atoms with E-state index in [2.05, 4.69) is 45.2 Å². The Morgan fingerprint density at radius 3 is 2.52 bits per heavy atom. The summed E-state index contributed by atoms with van der Waals surface area (Å²) in [7, 11) is 1.91. The zero-order valence-electron chi connectivity index (χ0n) is 15.6. The first-order valence-electron chi connectivity index (χ1n) is 9.15. The van der Waals surface area contributed by atoms with Crippen molar-refractivity contribution < 1.29 is 4.39 Å². The second-order valence-corrected chi connectivity index (χ2v) is 7.13. The summed E-state index contributed by atoms with van der Waals surface area (Å²) in [6.07, 6.45) is 3.57. The van der Waals surface area contributed by atoms with E-state index in [4.69, 9.17) is 5.73 Å². The summed E-state index contributed by atoms with van der Waals surface area (Å²) in [5.74, 6) is 1.31. The smallest absolute Gasteiger partial charge is 0.221 e. The van der Waals surface area contributed by atoms with Crippen LogP contribution < -0.4 is 10.6 Å². The Morgan fingerprint density at radius 1 is 1.11 bits per heavy atom. The van der Waals surface area contributed by atoms with Crippen molar-refractivity contribution in [3.8, 4) is 11.1 Å². The standard InChI is InChI=1S/C20H23FN6/c1-13-3-5-16(15-4-6-18(21)23-12-15)17(11-13)27-9-7-14(8-10-27)19-24-25-20(22)26(19)2/h3-6,11-12,14H,7-10H2,1-2H3,(H2,22,25). The molecule has 2 aromatic heterocycles. The molecule has 1 aromatic carbocycles. The second kappa shape index (κ2) is 6.98. The van der Waals surface area contributed by atoms with Crippen LogP contribution in [0.15, 0.2) is 36.5 Å². The summed E-state index contributed by atoms with van der Waals surface area (Å²) in [6, 6.07) is 9.56. The van der Waals surface area contributed by atoms with Gasteiger partial charge in [-0.05, 0) is 43.5 Å². The number of rotatable bonds is 3. The maximum Gasteiger partial charge on any atom is 0.221 e. The second-order valence-electron chi connectivity index (χ2n) is 7.13. The monoisotopic (exact) mass is 366 g/mol. The lowest BCUT2D eigenvalue weighted by Gasteiger charge is -2.34. The molecule has 2 N–H and O–H groups in total. The van der Waals surface area contributed by atoms with Crippen LogP contribution in [0.1, 0.15) is 30.1 Å². The normalized spacial score (nSPS) is 15.3. The van der Waals surface area contributed by atoms with Gasteiger partial charge in [0, 0.05) is 49.1 Å². The molecule has 140 valence electrons. The summed E-state index contributed by atoms with van der Waals surface area (Å²) >= 11 is 0. The minimum Gasteiger partial charge on any atom is -0.371 e. The Morgan fingerprint density at radius 2 is 1.89 bits per heavy atom. The number of pyridine rings is 1. The highest BCUT2D eigenvalue weighted by Crippen LogP contribution is 2.36. The number of aromatic nitrogens is 4. The number of hydrogen-bond acceptors (Lipinski definition) is 5. The fourth-order valence-electron chi connectivity index (χ4n) is 3.77. The summed E-state index contributed by atoms with van der Waals surface area (Å²) in [5.41, 5.74) is 10.2. The number of nitrogens with zero attached hydrogens (tertiary/aromatic N) is 5. The molecule has 0 aliphatic carbocycles. The minimum atomic E-state index is -0.462. The average Bonchev–Trinajstić information content (AvgIpc) is 3.01. The number of anilines is 2. The van der Waals surface area contributed by atoms with E-state index in [9.17, 15) is 4.39 Å². The Balaban J connectivity index is 1.58. The third kappa shape index (κ3) is 3.37. The molecule has 7 heteroatoms. The van der Waals surface area contributed by atoms with E-state index in [0.29, 0.717) is 11.9 Å². The molecule has 1 aliphatic heterocycles. The molecule has 0 unspecified atom stereocenters. The lowest BCUT2D eigenvalue weighted by molar-refractivity contribution is 0.475. The first-order chi connectivity index (χ1) is 13.0. The number of nitrogen functional groups attached to an aromatic ring is 1. The largest absolute Gasteiger partial charge is 0.371 e. The maximum absolute atomic E-state index is 13.2. The molecular formula is C20H23FN6. The molecule has 1 aliphatic rings. The van der Waals surface area contributed by atoms with E-state index in [1.807, 2.05) is 11.6 Å². The number of piperidine rings is 1. The number of halogens is 1. The fourth-order valence-corrected chi connectivity index (χ4v) is 3.77. The zero-order chi connectivity index (χ0) is 19.0. The minimum absolute atomic E-state index is 0.358. The third-order valence-corrected chi connectivity index (χ3v) is 5.33. The van der Waals surface area contributed by atoms with Gasteiger partial charge >= 0.3 is 0 Å². The Labute approximate surface area is 157 Å². The van der Waals surface area contributed by atoms with Crippen molar-refractivity contribution in [2.75, 3.05) is 23.7 Å². The molecule has 0 spiro atoms.